The Morgan fingerprint density at radius 3 is 2.88 bits per heavy atom. The molecular weight excluding hydrogens is 320 g/mol. The standard InChI is InChI=1S/C19H28N2O4/c1-14-4-5-15(17(11-14)25-13-16-3-2-8-24-16)12-21-18(22)19(20)6-9-23-10-7-19/h4-5,11,16H,2-3,6-10,12-13,20H2,1H3,(H,21,22). The van der Waals surface area contributed by atoms with Gasteiger partial charge in [-0.1, -0.05) is 12.1 Å². The van der Waals surface area contributed by atoms with Crippen LogP contribution >= 0.6 is 0 Å². The number of nitrogens with one attached hydrogen (secondary N) is 1. The first-order valence-corrected chi connectivity index (χ1v) is 9.06. The van der Waals surface area contributed by atoms with E-state index >= 15 is 0 Å². The molecule has 0 aliphatic carbocycles. The summed E-state index contributed by atoms with van der Waals surface area (Å²) < 4.78 is 16.9. The van der Waals surface area contributed by atoms with Crippen LogP contribution in [0.15, 0.2) is 18.2 Å². The van der Waals surface area contributed by atoms with Crippen molar-refractivity contribution >= 4 is 5.91 Å². The highest BCUT2D eigenvalue weighted by atomic mass is 16.5. The number of hydrogen-bond donors (Lipinski definition) is 2. The SMILES string of the molecule is Cc1ccc(CNC(=O)C2(N)CCOCC2)c(OCC2CCCO2)c1. The summed E-state index contributed by atoms with van der Waals surface area (Å²) in [5.41, 5.74) is 7.47. The smallest absolute Gasteiger partial charge is 0.240 e. The fourth-order valence-corrected chi connectivity index (χ4v) is 3.21. The first kappa shape index (κ1) is 18.2. The van der Waals surface area contributed by atoms with Gasteiger partial charge in [-0.2, -0.15) is 0 Å². The molecule has 1 unspecified atom stereocenters. The Morgan fingerprint density at radius 2 is 2.16 bits per heavy atom. The normalized spacial score (nSPS) is 22.6. The van der Waals surface area contributed by atoms with Crippen molar-refractivity contribution in [2.75, 3.05) is 26.4 Å². The van der Waals surface area contributed by atoms with Gasteiger partial charge in [0.05, 0.1) is 11.6 Å². The molecule has 0 aromatic heterocycles. The minimum Gasteiger partial charge on any atom is -0.491 e. The molecule has 1 atom stereocenters. The molecule has 3 rings (SSSR count). The van der Waals surface area contributed by atoms with E-state index < -0.39 is 5.54 Å². The average molecular weight is 348 g/mol. The van der Waals surface area contributed by atoms with Gasteiger partial charge >= 0.3 is 0 Å². The summed E-state index contributed by atoms with van der Waals surface area (Å²) in [6, 6.07) is 6.02. The van der Waals surface area contributed by atoms with Crippen LogP contribution in [0.25, 0.3) is 0 Å². The Kier molecular flexibility index (Phi) is 5.93. The van der Waals surface area contributed by atoms with Gasteiger partial charge in [-0.15, -0.1) is 0 Å². The second kappa shape index (κ2) is 8.17. The highest BCUT2D eigenvalue weighted by Crippen LogP contribution is 2.23. The number of aryl methyl sites for hydroxylation is 1. The number of rotatable bonds is 6. The van der Waals surface area contributed by atoms with E-state index in [1.807, 2.05) is 25.1 Å². The third-order valence-corrected chi connectivity index (χ3v) is 4.95. The number of benzene rings is 1. The molecule has 3 N–H and O–H groups in total. The lowest BCUT2D eigenvalue weighted by Crippen LogP contribution is -2.56. The molecule has 1 amide bonds. The van der Waals surface area contributed by atoms with Gasteiger partial charge in [0.15, 0.2) is 0 Å². The molecule has 138 valence electrons. The van der Waals surface area contributed by atoms with Crippen molar-refractivity contribution < 1.29 is 19.0 Å². The second-order valence-corrected chi connectivity index (χ2v) is 7.01. The number of amides is 1. The maximum Gasteiger partial charge on any atom is 0.240 e. The zero-order chi connectivity index (χ0) is 17.7. The quantitative estimate of drug-likeness (QED) is 0.817. The van der Waals surface area contributed by atoms with Crippen LogP contribution in [0.1, 0.15) is 36.8 Å². The van der Waals surface area contributed by atoms with Crippen LogP contribution in [0.3, 0.4) is 0 Å². The van der Waals surface area contributed by atoms with E-state index in [0.29, 0.717) is 39.2 Å². The fourth-order valence-electron chi connectivity index (χ4n) is 3.21. The minimum atomic E-state index is -0.832. The summed E-state index contributed by atoms with van der Waals surface area (Å²) in [7, 11) is 0. The first-order valence-electron chi connectivity index (χ1n) is 9.06. The van der Waals surface area contributed by atoms with Crippen LogP contribution in [0.5, 0.6) is 5.75 Å². The van der Waals surface area contributed by atoms with Crippen LogP contribution < -0.4 is 15.8 Å². The van der Waals surface area contributed by atoms with Gasteiger partial charge in [0, 0.05) is 31.9 Å². The van der Waals surface area contributed by atoms with Crippen LogP contribution in [0.2, 0.25) is 0 Å². The first-order chi connectivity index (χ1) is 12.1. The van der Waals surface area contributed by atoms with Crippen LogP contribution in [0, 0.1) is 6.92 Å². The lowest BCUT2D eigenvalue weighted by atomic mass is 9.90. The highest BCUT2D eigenvalue weighted by molar-refractivity contribution is 5.86. The largest absolute Gasteiger partial charge is 0.491 e. The number of carbonyl (C=O) groups is 1. The van der Waals surface area contributed by atoms with E-state index in [9.17, 15) is 4.79 Å². The average Bonchev–Trinajstić information content (AvgIpc) is 3.13. The monoisotopic (exact) mass is 348 g/mol. The molecule has 0 bridgehead atoms. The topological polar surface area (TPSA) is 82.8 Å². The zero-order valence-electron chi connectivity index (χ0n) is 14.9. The van der Waals surface area contributed by atoms with Crippen molar-refractivity contribution in [2.45, 2.75) is 50.8 Å². The van der Waals surface area contributed by atoms with Crippen LogP contribution in [-0.4, -0.2) is 44.0 Å². The number of carbonyl (C=O) groups excluding carboxylic acids is 1. The van der Waals surface area contributed by atoms with Gasteiger partial charge in [-0.25, -0.2) is 0 Å². The molecule has 2 fully saturated rings. The number of hydrogen-bond acceptors (Lipinski definition) is 5. The predicted octanol–water partition coefficient (Wildman–Crippen LogP) is 1.68. The Hall–Kier alpha value is -1.63. The Morgan fingerprint density at radius 1 is 1.36 bits per heavy atom. The maximum atomic E-state index is 12.5. The summed E-state index contributed by atoms with van der Waals surface area (Å²) >= 11 is 0. The molecule has 2 saturated heterocycles. The summed E-state index contributed by atoms with van der Waals surface area (Å²) in [5, 5.41) is 2.97. The molecule has 6 heteroatoms. The Balaban J connectivity index is 1.60. The number of nitrogens with two attached hydrogens (primary N) is 1. The molecule has 0 radical (unpaired) electrons. The summed E-state index contributed by atoms with van der Waals surface area (Å²) in [6.45, 7) is 4.85. The van der Waals surface area contributed by atoms with Crippen LogP contribution in [0.4, 0.5) is 0 Å². The minimum absolute atomic E-state index is 0.124. The lowest BCUT2D eigenvalue weighted by molar-refractivity contribution is -0.129. The van der Waals surface area contributed by atoms with E-state index in [1.54, 1.807) is 0 Å². The van der Waals surface area contributed by atoms with E-state index in [-0.39, 0.29) is 12.0 Å². The van der Waals surface area contributed by atoms with Crippen LogP contribution in [-0.2, 0) is 20.8 Å². The highest BCUT2D eigenvalue weighted by Gasteiger charge is 2.35. The Labute approximate surface area is 149 Å². The van der Waals surface area contributed by atoms with Crippen molar-refractivity contribution in [3.63, 3.8) is 0 Å². The summed E-state index contributed by atoms with van der Waals surface area (Å²) in [6.07, 6.45) is 3.39. The molecule has 0 saturated carbocycles. The zero-order valence-corrected chi connectivity index (χ0v) is 14.9. The van der Waals surface area contributed by atoms with Gasteiger partial charge in [0.25, 0.3) is 0 Å². The molecule has 2 aliphatic rings. The third-order valence-electron chi connectivity index (χ3n) is 4.95. The van der Waals surface area contributed by atoms with Crippen molar-refractivity contribution in [2.24, 2.45) is 5.73 Å². The molecule has 25 heavy (non-hydrogen) atoms. The molecule has 1 aromatic carbocycles. The molecular formula is C19H28N2O4. The van der Waals surface area contributed by atoms with Gasteiger partial charge < -0.3 is 25.3 Å². The molecule has 2 heterocycles. The van der Waals surface area contributed by atoms with E-state index in [2.05, 4.69) is 5.32 Å². The molecule has 6 nitrogen and oxygen atoms in total. The van der Waals surface area contributed by atoms with Gasteiger partial charge in [-0.05, 0) is 44.2 Å². The number of ether oxygens (including phenoxy) is 3. The molecule has 2 aliphatic heterocycles. The van der Waals surface area contributed by atoms with Crippen molar-refractivity contribution in [3.05, 3.63) is 29.3 Å². The maximum absolute atomic E-state index is 12.5. The Bertz CT molecular complexity index is 593. The van der Waals surface area contributed by atoms with Crippen molar-refractivity contribution in [1.29, 1.82) is 0 Å². The van der Waals surface area contributed by atoms with E-state index in [1.165, 1.54) is 0 Å². The summed E-state index contributed by atoms with van der Waals surface area (Å²) in [5.74, 6) is 0.676. The van der Waals surface area contributed by atoms with E-state index in [0.717, 1.165) is 36.3 Å². The fraction of sp³-hybridized carbons (Fsp3) is 0.632. The van der Waals surface area contributed by atoms with Gasteiger partial charge in [0.2, 0.25) is 5.91 Å². The van der Waals surface area contributed by atoms with Crippen molar-refractivity contribution in [3.8, 4) is 5.75 Å². The second-order valence-electron chi connectivity index (χ2n) is 7.01. The third kappa shape index (κ3) is 4.71. The lowest BCUT2D eigenvalue weighted by Gasteiger charge is -2.31. The summed E-state index contributed by atoms with van der Waals surface area (Å²) in [4.78, 5) is 12.5. The van der Waals surface area contributed by atoms with E-state index in [4.69, 9.17) is 19.9 Å². The van der Waals surface area contributed by atoms with Crippen molar-refractivity contribution in [1.82, 2.24) is 5.32 Å². The van der Waals surface area contributed by atoms with Gasteiger partial charge in [-0.3, -0.25) is 4.79 Å². The van der Waals surface area contributed by atoms with Gasteiger partial charge in [0.1, 0.15) is 12.4 Å². The molecule has 1 aromatic rings. The predicted molar refractivity (Wildman–Crippen MR) is 94.5 cm³/mol. The molecule has 0 spiro atoms.